The molecule has 0 bridgehead atoms. The van der Waals surface area contributed by atoms with Gasteiger partial charge >= 0.3 is 11.9 Å². The first-order valence-corrected chi connectivity index (χ1v) is 16.6. The number of benzene rings is 3. The predicted octanol–water partition coefficient (Wildman–Crippen LogP) is 5.54. The fraction of sp³-hybridized carbons (Fsp3) is 0.389. The van der Waals surface area contributed by atoms with Gasteiger partial charge in [-0.05, 0) is 63.9 Å². The highest BCUT2D eigenvalue weighted by atomic mass is 32.2. The van der Waals surface area contributed by atoms with Gasteiger partial charge in [0.25, 0.3) is 5.91 Å². The Labute approximate surface area is 275 Å². The largest absolute Gasteiger partial charge is 0.466 e. The van der Waals surface area contributed by atoms with Crippen LogP contribution in [-0.4, -0.2) is 65.4 Å². The molecule has 0 aromatic heterocycles. The Morgan fingerprint density at radius 3 is 2.22 bits per heavy atom. The fourth-order valence-corrected chi connectivity index (χ4v) is 6.44. The first kappa shape index (κ1) is 34.7. The monoisotopic (exact) mass is 645 g/mol. The summed E-state index contributed by atoms with van der Waals surface area (Å²) in [6, 6.07) is 24.3. The van der Waals surface area contributed by atoms with Crippen LogP contribution in [0.5, 0.6) is 0 Å². The molecule has 3 aromatic carbocycles. The first-order valence-electron chi connectivity index (χ1n) is 15.6. The van der Waals surface area contributed by atoms with E-state index in [1.165, 1.54) is 28.7 Å². The lowest BCUT2D eigenvalue weighted by Crippen LogP contribution is -2.62. The van der Waals surface area contributed by atoms with Gasteiger partial charge < -0.3 is 14.8 Å². The number of rotatable bonds is 12. The Balaban J connectivity index is 1.67. The number of carbonyl (C=O) groups excluding carboxylic acids is 4. The highest BCUT2D eigenvalue weighted by Crippen LogP contribution is 2.36. The molecular weight excluding hydrogens is 602 g/mol. The Morgan fingerprint density at radius 1 is 0.957 bits per heavy atom. The molecule has 1 heterocycles. The molecule has 9 nitrogen and oxygen atoms in total. The molecule has 0 radical (unpaired) electrons. The molecule has 3 atom stereocenters. The summed E-state index contributed by atoms with van der Waals surface area (Å²) in [4.78, 5) is 55.6. The van der Waals surface area contributed by atoms with E-state index in [4.69, 9.17) is 9.47 Å². The summed E-state index contributed by atoms with van der Waals surface area (Å²) in [7, 11) is 0. The number of para-hydroxylation sites is 1. The third-order valence-electron chi connectivity index (χ3n) is 7.39. The van der Waals surface area contributed by atoms with Gasteiger partial charge in [0.15, 0.2) is 6.04 Å². The zero-order valence-corrected chi connectivity index (χ0v) is 27.9. The summed E-state index contributed by atoms with van der Waals surface area (Å²) in [5.41, 5.74) is 1.34. The van der Waals surface area contributed by atoms with Crippen LogP contribution in [0.25, 0.3) is 0 Å². The SMILES string of the molecule is CCOC(=O)[C@@H](CCN[C@H]1CSc2ccccc2N(N(C(C)=O)[C@@H](Cc2ccccc2)C(=O)OC(C)(C)C)C1=O)c1ccccc1. The van der Waals surface area contributed by atoms with E-state index < -0.39 is 35.5 Å². The van der Waals surface area contributed by atoms with Gasteiger partial charge in [-0.3, -0.25) is 14.4 Å². The van der Waals surface area contributed by atoms with E-state index >= 15 is 0 Å². The normalized spacial score (nSPS) is 16.1. The standard InChI is InChI=1S/C36H43N3O6S/c1-6-44-34(42)28(27-17-11-8-12-18-27)21-22-37-29-24-46-32-20-14-13-19-30(32)39(33(29)41)38(25(2)40)31(35(43)45-36(3,4)5)23-26-15-9-7-10-16-26/h7-20,28-29,31,37H,6,21-24H2,1-5H3/t28-,29-,31-/m0/s1. The second-order valence-corrected chi connectivity index (χ2v) is 13.1. The van der Waals surface area contributed by atoms with Gasteiger partial charge in [-0.15, -0.1) is 11.8 Å². The lowest BCUT2D eigenvalue weighted by Gasteiger charge is -2.40. The summed E-state index contributed by atoms with van der Waals surface area (Å²) in [6.07, 6.45) is 0.542. The number of hydrogen-bond acceptors (Lipinski definition) is 8. The average molecular weight is 646 g/mol. The van der Waals surface area contributed by atoms with Gasteiger partial charge in [0.1, 0.15) is 5.60 Å². The van der Waals surface area contributed by atoms with E-state index in [0.717, 1.165) is 16.0 Å². The molecule has 2 amide bonds. The van der Waals surface area contributed by atoms with E-state index in [2.05, 4.69) is 5.32 Å². The molecule has 0 spiro atoms. The third-order valence-corrected chi connectivity index (χ3v) is 8.54. The van der Waals surface area contributed by atoms with Crippen LogP contribution in [0, 0.1) is 0 Å². The van der Waals surface area contributed by atoms with Crippen molar-refractivity contribution in [3.63, 3.8) is 0 Å². The zero-order chi connectivity index (χ0) is 33.3. The van der Waals surface area contributed by atoms with Crippen LogP contribution in [0.15, 0.2) is 89.8 Å². The number of hydrogen-bond donors (Lipinski definition) is 1. The summed E-state index contributed by atoms with van der Waals surface area (Å²) in [5, 5.41) is 5.93. The number of carbonyl (C=O) groups is 4. The maximum Gasteiger partial charge on any atom is 0.331 e. The lowest BCUT2D eigenvalue weighted by atomic mass is 9.95. The number of nitrogens with zero attached hydrogens (tertiary/aromatic N) is 2. The molecule has 1 aliphatic rings. The number of amides is 2. The van der Waals surface area contributed by atoms with Crippen LogP contribution >= 0.6 is 11.8 Å². The smallest absolute Gasteiger partial charge is 0.331 e. The van der Waals surface area contributed by atoms with Gasteiger partial charge in [0, 0.05) is 24.0 Å². The predicted molar refractivity (Wildman–Crippen MR) is 179 cm³/mol. The second-order valence-electron chi connectivity index (χ2n) is 12.0. The molecule has 1 aliphatic heterocycles. The van der Waals surface area contributed by atoms with Crippen molar-refractivity contribution in [3.05, 3.63) is 96.1 Å². The van der Waals surface area contributed by atoms with Gasteiger partial charge in [0.05, 0.1) is 24.3 Å². The van der Waals surface area contributed by atoms with Crippen molar-refractivity contribution in [1.29, 1.82) is 0 Å². The maximum atomic E-state index is 14.5. The van der Waals surface area contributed by atoms with E-state index in [1.807, 2.05) is 72.8 Å². The molecule has 4 rings (SSSR count). The quantitative estimate of drug-likeness (QED) is 0.256. The highest BCUT2D eigenvalue weighted by Gasteiger charge is 2.42. The summed E-state index contributed by atoms with van der Waals surface area (Å²) < 4.78 is 11.2. The third kappa shape index (κ3) is 8.98. The van der Waals surface area contributed by atoms with Gasteiger partial charge in [-0.25, -0.2) is 14.8 Å². The Kier molecular flexibility index (Phi) is 12.0. The van der Waals surface area contributed by atoms with Crippen LogP contribution in [0.4, 0.5) is 5.69 Å². The molecule has 0 unspecified atom stereocenters. The average Bonchev–Trinajstić information content (AvgIpc) is 3.15. The number of esters is 2. The van der Waals surface area contributed by atoms with Crippen molar-refractivity contribution < 1.29 is 28.7 Å². The van der Waals surface area contributed by atoms with Gasteiger partial charge in [-0.2, -0.15) is 0 Å². The molecule has 1 N–H and O–H groups in total. The summed E-state index contributed by atoms with van der Waals surface area (Å²) in [6.45, 7) is 9.03. The molecule has 244 valence electrons. The van der Waals surface area contributed by atoms with Crippen molar-refractivity contribution >= 4 is 41.2 Å². The number of fused-ring (bicyclic) bond motifs is 1. The van der Waals surface area contributed by atoms with Crippen LogP contribution in [-0.2, 0) is 35.1 Å². The number of anilines is 1. The van der Waals surface area contributed by atoms with Crippen LogP contribution < -0.4 is 10.3 Å². The number of ether oxygens (including phenoxy) is 2. The summed E-state index contributed by atoms with van der Waals surface area (Å²) in [5.74, 6) is -1.93. The van der Waals surface area contributed by atoms with Crippen LogP contribution in [0.1, 0.15) is 58.1 Å². The Morgan fingerprint density at radius 2 is 1.59 bits per heavy atom. The van der Waals surface area contributed by atoms with Crippen molar-refractivity contribution in [2.75, 3.05) is 23.9 Å². The van der Waals surface area contributed by atoms with Gasteiger partial charge in [-0.1, -0.05) is 72.8 Å². The van der Waals surface area contributed by atoms with Gasteiger partial charge in [0.2, 0.25) is 5.91 Å². The molecule has 0 fully saturated rings. The topological polar surface area (TPSA) is 105 Å². The number of hydrazine groups is 1. The lowest BCUT2D eigenvalue weighted by molar-refractivity contribution is -0.165. The minimum atomic E-state index is -1.12. The fourth-order valence-electron chi connectivity index (χ4n) is 5.36. The molecule has 0 aliphatic carbocycles. The highest BCUT2D eigenvalue weighted by molar-refractivity contribution is 7.99. The molecule has 3 aromatic rings. The molecule has 0 saturated carbocycles. The molecule has 46 heavy (non-hydrogen) atoms. The van der Waals surface area contributed by atoms with Crippen molar-refractivity contribution in [2.45, 2.75) is 76.0 Å². The van der Waals surface area contributed by atoms with E-state index in [9.17, 15) is 19.2 Å². The molecular formula is C36H43N3O6S. The van der Waals surface area contributed by atoms with E-state index in [0.29, 0.717) is 24.4 Å². The minimum Gasteiger partial charge on any atom is -0.466 e. The molecule has 0 saturated heterocycles. The van der Waals surface area contributed by atoms with Crippen molar-refractivity contribution in [1.82, 2.24) is 10.3 Å². The Bertz CT molecular complexity index is 1490. The van der Waals surface area contributed by atoms with Crippen LogP contribution in [0.3, 0.4) is 0 Å². The first-order chi connectivity index (χ1) is 22.0. The Hall–Kier alpha value is -4.15. The zero-order valence-electron chi connectivity index (χ0n) is 27.1. The van der Waals surface area contributed by atoms with E-state index in [1.54, 1.807) is 39.8 Å². The van der Waals surface area contributed by atoms with Crippen molar-refractivity contribution in [2.24, 2.45) is 0 Å². The summed E-state index contributed by atoms with van der Waals surface area (Å²) >= 11 is 1.49. The maximum absolute atomic E-state index is 14.5. The van der Waals surface area contributed by atoms with Crippen LogP contribution in [0.2, 0.25) is 0 Å². The number of nitrogens with one attached hydrogen (secondary N) is 1. The van der Waals surface area contributed by atoms with Crippen molar-refractivity contribution in [3.8, 4) is 0 Å². The second kappa shape index (κ2) is 15.9. The minimum absolute atomic E-state index is 0.144. The molecule has 10 heteroatoms. The van der Waals surface area contributed by atoms with E-state index in [-0.39, 0.29) is 24.9 Å². The number of thioether (sulfide) groups is 1.